The summed E-state index contributed by atoms with van der Waals surface area (Å²) < 4.78 is 0. The van der Waals surface area contributed by atoms with Crippen molar-refractivity contribution < 1.29 is 0 Å². The van der Waals surface area contributed by atoms with Crippen LogP contribution in [0.15, 0.2) is 0 Å². The Hall–Kier alpha value is -0.0800. The molecule has 2 aliphatic heterocycles. The van der Waals surface area contributed by atoms with E-state index in [1.165, 1.54) is 51.7 Å². The normalized spacial score (nSPS) is 35.4. The van der Waals surface area contributed by atoms with Crippen molar-refractivity contribution in [1.82, 2.24) is 9.80 Å². The highest BCUT2D eigenvalue weighted by Crippen LogP contribution is 2.37. The summed E-state index contributed by atoms with van der Waals surface area (Å²) in [7, 11) is 0. The van der Waals surface area contributed by atoms with Crippen LogP contribution in [0.4, 0.5) is 0 Å². The highest BCUT2D eigenvalue weighted by Gasteiger charge is 2.45. The molecule has 1 saturated carbocycles. The molecule has 0 aromatic heterocycles. The van der Waals surface area contributed by atoms with Crippen molar-refractivity contribution in [2.24, 2.45) is 5.92 Å². The third-order valence-corrected chi connectivity index (χ3v) is 5.00. The summed E-state index contributed by atoms with van der Waals surface area (Å²) in [6, 6.07) is 2.66. The number of rotatable bonds is 5. The highest BCUT2D eigenvalue weighted by molar-refractivity contribution is 5.02. The fraction of sp³-hybridized carbons (Fsp3) is 1.00. The Kier molecular flexibility index (Phi) is 2.97. The molecular formula is C14H26N2. The standard InChI is InChI=1S/C14H26N2/c1-3-12(4-2)16-10-13-7-14(16)9-15(13)8-11-5-6-11/h11-14H,3-10H2,1-2H3. The first-order valence-corrected chi connectivity index (χ1v) is 7.31. The second kappa shape index (κ2) is 4.30. The van der Waals surface area contributed by atoms with E-state index >= 15 is 0 Å². The molecule has 3 aliphatic rings. The summed E-state index contributed by atoms with van der Waals surface area (Å²) in [5.74, 6) is 1.07. The summed E-state index contributed by atoms with van der Waals surface area (Å²) in [6.07, 6.45) is 7.14. The maximum absolute atomic E-state index is 2.81. The van der Waals surface area contributed by atoms with Crippen LogP contribution in [-0.4, -0.2) is 47.6 Å². The fourth-order valence-corrected chi connectivity index (χ4v) is 3.84. The average Bonchev–Trinajstić information content (AvgIpc) is 2.88. The topological polar surface area (TPSA) is 6.48 Å². The second-order valence-electron chi connectivity index (χ2n) is 6.11. The summed E-state index contributed by atoms with van der Waals surface area (Å²) >= 11 is 0. The third kappa shape index (κ3) is 1.91. The Bertz CT molecular complexity index is 245. The lowest BCUT2D eigenvalue weighted by Gasteiger charge is -2.38. The average molecular weight is 222 g/mol. The molecule has 2 saturated heterocycles. The van der Waals surface area contributed by atoms with E-state index in [1.807, 2.05) is 0 Å². The molecule has 0 N–H and O–H groups in total. The zero-order valence-corrected chi connectivity index (χ0v) is 10.9. The number of piperazine rings is 1. The zero-order chi connectivity index (χ0) is 11.1. The Morgan fingerprint density at radius 1 is 1.06 bits per heavy atom. The first kappa shape index (κ1) is 11.0. The quantitative estimate of drug-likeness (QED) is 0.704. The molecule has 2 heteroatoms. The summed E-state index contributed by atoms with van der Waals surface area (Å²) in [6.45, 7) is 8.85. The Labute approximate surface area is 100.0 Å². The number of likely N-dealkylation sites (tertiary alicyclic amines) is 2. The van der Waals surface area contributed by atoms with Crippen molar-refractivity contribution in [3.05, 3.63) is 0 Å². The maximum atomic E-state index is 2.81. The predicted molar refractivity (Wildman–Crippen MR) is 67.6 cm³/mol. The van der Waals surface area contributed by atoms with Crippen molar-refractivity contribution in [3.8, 4) is 0 Å². The van der Waals surface area contributed by atoms with E-state index in [2.05, 4.69) is 23.6 Å². The van der Waals surface area contributed by atoms with Crippen molar-refractivity contribution in [1.29, 1.82) is 0 Å². The van der Waals surface area contributed by atoms with E-state index < -0.39 is 0 Å². The molecule has 0 radical (unpaired) electrons. The summed E-state index contributed by atoms with van der Waals surface area (Å²) in [4.78, 5) is 5.61. The first-order chi connectivity index (χ1) is 7.81. The smallest absolute Gasteiger partial charge is 0.0242 e. The zero-order valence-electron chi connectivity index (χ0n) is 10.9. The molecule has 16 heavy (non-hydrogen) atoms. The fourth-order valence-electron chi connectivity index (χ4n) is 3.84. The number of fused-ring (bicyclic) bond motifs is 2. The maximum Gasteiger partial charge on any atom is 0.0242 e. The minimum atomic E-state index is 0.859. The van der Waals surface area contributed by atoms with Gasteiger partial charge in [-0.25, -0.2) is 0 Å². The van der Waals surface area contributed by atoms with Gasteiger partial charge >= 0.3 is 0 Å². The van der Waals surface area contributed by atoms with Gasteiger partial charge < -0.3 is 0 Å². The summed E-state index contributed by atoms with van der Waals surface area (Å²) in [5.41, 5.74) is 0. The predicted octanol–water partition coefficient (Wildman–Crippen LogP) is 2.34. The van der Waals surface area contributed by atoms with Gasteiger partial charge in [-0.05, 0) is 38.0 Å². The van der Waals surface area contributed by atoms with Crippen LogP contribution in [0.2, 0.25) is 0 Å². The van der Waals surface area contributed by atoms with Crippen LogP contribution in [0.5, 0.6) is 0 Å². The molecule has 3 fully saturated rings. The van der Waals surface area contributed by atoms with Gasteiger partial charge in [0.05, 0.1) is 0 Å². The van der Waals surface area contributed by atoms with Gasteiger partial charge in [0.2, 0.25) is 0 Å². The van der Waals surface area contributed by atoms with Gasteiger partial charge in [0.15, 0.2) is 0 Å². The van der Waals surface area contributed by atoms with Crippen LogP contribution in [0.1, 0.15) is 46.0 Å². The van der Waals surface area contributed by atoms with Crippen LogP contribution in [0, 0.1) is 5.92 Å². The molecule has 2 bridgehead atoms. The molecule has 2 heterocycles. The van der Waals surface area contributed by atoms with E-state index in [0.29, 0.717) is 0 Å². The van der Waals surface area contributed by atoms with Gasteiger partial charge in [-0.3, -0.25) is 9.80 Å². The largest absolute Gasteiger partial charge is 0.297 e. The molecule has 0 amide bonds. The van der Waals surface area contributed by atoms with Crippen molar-refractivity contribution >= 4 is 0 Å². The molecule has 92 valence electrons. The molecule has 1 aliphatic carbocycles. The molecular weight excluding hydrogens is 196 g/mol. The van der Waals surface area contributed by atoms with Crippen LogP contribution >= 0.6 is 0 Å². The van der Waals surface area contributed by atoms with Crippen molar-refractivity contribution in [3.63, 3.8) is 0 Å². The molecule has 2 atom stereocenters. The minimum Gasteiger partial charge on any atom is -0.297 e. The van der Waals surface area contributed by atoms with Crippen LogP contribution in [0.3, 0.4) is 0 Å². The minimum absolute atomic E-state index is 0.859. The van der Waals surface area contributed by atoms with Gasteiger partial charge in [0, 0.05) is 37.8 Å². The first-order valence-electron chi connectivity index (χ1n) is 7.31. The Morgan fingerprint density at radius 2 is 1.81 bits per heavy atom. The molecule has 2 nitrogen and oxygen atoms in total. The monoisotopic (exact) mass is 222 g/mol. The number of nitrogens with zero attached hydrogens (tertiary/aromatic N) is 2. The summed E-state index contributed by atoms with van der Waals surface area (Å²) in [5, 5.41) is 0. The lowest BCUT2D eigenvalue weighted by molar-refractivity contribution is 0.0854. The lowest BCUT2D eigenvalue weighted by Crippen LogP contribution is -2.50. The number of hydrogen-bond acceptors (Lipinski definition) is 2. The SMILES string of the molecule is CCC(CC)N1CC2CC1CN2CC1CC1. The molecule has 3 rings (SSSR count). The van der Waals surface area contributed by atoms with E-state index in [9.17, 15) is 0 Å². The Balaban J connectivity index is 1.56. The van der Waals surface area contributed by atoms with E-state index in [0.717, 1.165) is 24.0 Å². The van der Waals surface area contributed by atoms with E-state index in [1.54, 1.807) is 0 Å². The Morgan fingerprint density at radius 3 is 2.31 bits per heavy atom. The van der Waals surface area contributed by atoms with Gasteiger partial charge in [-0.1, -0.05) is 13.8 Å². The van der Waals surface area contributed by atoms with E-state index in [-0.39, 0.29) is 0 Å². The van der Waals surface area contributed by atoms with Crippen molar-refractivity contribution in [2.75, 3.05) is 19.6 Å². The molecule has 0 spiro atoms. The van der Waals surface area contributed by atoms with Gasteiger partial charge in [-0.2, -0.15) is 0 Å². The van der Waals surface area contributed by atoms with Crippen LogP contribution in [-0.2, 0) is 0 Å². The molecule has 2 unspecified atom stereocenters. The van der Waals surface area contributed by atoms with Crippen molar-refractivity contribution in [2.45, 2.75) is 64.1 Å². The molecule has 0 aromatic rings. The van der Waals surface area contributed by atoms with Gasteiger partial charge in [-0.15, -0.1) is 0 Å². The second-order valence-corrected chi connectivity index (χ2v) is 6.11. The highest BCUT2D eigenvalue weighted by atomic mass is 15.4. The number of hydrogen-bond donors (Lipinski definition) is 0. The van der Waals surface area contributed by atoms with Crippen LogP contribution in [0.25, 0.3) is 0 Å². The van der Waals surface area contributed by atoms with E-state index in [4.69, 9.17) is 0 Å². The molecule has 0 aromatic carbocycles. The third-order valence-electron chi connectivity index (χ3n) is 5.00. The van der Waals surface area contributed by atoms with Gasteiger partial charge in [0.25, 0.3) is 0 Å². The lowest BCUT2D eigenvalue weighted by atomic mass is 10.1. The van der Waals surface area contributed by atoms with Crippen LogP contribution < -0.4 is 0 Å². The van der Waals surface area contributed by atoms with Gasteiger partial charge in [0.1, 0.15) is 0 Å².